The van der Waals surface area contributed by atoms with Crippen LogP contribution in [0.4, 0.5) is 0 Å². The van der Waals surface area contributed by atoms with Crippen LogP contribution in [0.3, 0.4) is 0 Å². The lowest BCUT2D eigenvalue weighted by Gasteiger charge is -2.47. The van der Waals surface area contributed by atoms with E-state index in [0.717, 1.165) is 48.4 Å². The van der Waals surface area contributed by atoms with Crippen LogP contribution in [0.1, 0.15) is 43.4 Å². The highest BCUT2D eigenvalue weighted by atomic mass is 16.5. The Morgan fingerprint density at radius 3 is 2.30 bits per heavy atom. The molecule has 1 heterocycles. The van der Waals surface area contributed by atoms with Gasteiger partial charge in [-0.15, -0.1) is 0 Å². The maximum Gasteiger partial charge on any atom is 0.243 e. The largest absolute Gasteiger partial charge is 0.497 e. The Balaban J connectivity index is 1.66. The number of rotatable bonds is 8. The average Bonchev–Trinajstić information content (AvgIpc) is 3.27. The third-order valence-electron chi connectivity index (χ3n) is 7.51. The Labute approximate surface area is 197 Å². The number of fused-ring (bicyclic) bond motifs is 1. The molecule has 1 saturated heterocycles. The summed E-state index contributed by atoms with van der Waals surface area (Å²) in [6.07, 6.45) is 3.82. The van der Waals surface area contributed by atoms with Gasteiger partial charge in [0.1, 0.15) is 17.5 Å². The molecule has 5 heteroatoms. The second-order valence-corrected chi connectivity index (χ2v) is 9.24. The fourth-order valence-electron chi connectivity index (χ4n) is 5.61. The van der Waals surface area contributed by atoms with Crippen molar-refractivity contribution in [3.05, 3.63) is 71.4 Å². The molecule has 5 nitrogen and oxygen atoms in total. The quantitative estimate of drug-likeness (QED) is 0.634. The van der Waals surface area contributed by atoms with Crippen LogP contribution in [0.2, 0.25) is 0 Å². The average molecular weight is 449 g/mol. The molecule has 2 unspecified atom stereocenters. The first-order valence-corrected chi connectivity index (χ1v) is 12.0. The van der Waals surface area contributed by atoms with Gasteiger partial charge in [0.05, 0.1) is 20.3 Å². The highest BCUT2D eigenvalue weighted by Crippen LogP contribution is 2.37. The Hall–Kier alpha value is -2.95. The number of hydrogen-bond acceptors (Lipinski definition) is 4. The van der Waals surface area contributed by atoms with Gasteiger partial charge in [0.2, 0.25) is 5.91 Å². The summed E-state index contributed by atoms with van der Waals surface area (Å²) in [6, 6.07) is 14.2. The molecular weight excluding hydrogens is 412 g/mol. The maximum atomic E-state index is 13.5. The molecule has 0 spiro atoms. The van der Waals surface area contributed by atoms with Crippen molar-refractivity contribution in [2.45, 2.75) is 58.2 Å². The number of carbonyl (C=O) groups is 1. The van der Waals surface area contributed by atoms with E-state index in [2.05, 4.69) is 54.9 Å². The number of nitrogens with zero attached hydrogens (tertiary/aromatic N) is 1. The fraction of sp³-hybridized carbons (Fsp3) is 0.464. The van der Waals surface area contributed by atoms with E-state index in [0.29, 0.717) is 12.5 Å². The summed E-state index contributed by atoms with van der Waals surface area (Å²) in [5.74, 6) is 2.21. The first kappa shape index (κ1) is 23.2. The van der Waals surface area contributed by atoms with Gasteiger partial charge >= 0.3 is 0 Å². The molecule has 1 amide bonds. The van der Waals surface area contributed by atoms with Gasteiger partial charge in [-0.1, -0.05) is 57.5 Å². The molecule has 1 fully saturated rings. The smallest absolute Gasteiger partial charge is 0.243 e. The molecule has 176 valence electrons. The highest BCUT2D eigenvalue weighted by Gasteiger charge is 2.44. The van der Waals surface area contributed by atoms with Gasteiger partial charge in [-0.2, -0.15) is 0 Å². The standard InChI is InChI=1S/C28H36N2O3/c1-6-19(7-2)27-28(31)29-26(23-14-20-10-8-9-11-21(20)15-23)18(3)30(27)17-22-12-13-24(32-4)16-25(22)33-5/h8-13,16,19,23,26-27H,3,6-7,14-15,17H2,1-2,4-5H3,(H,29,31). The van der Waals surface area contributed by atoms with Crippen LogP contribution in [0.5, 0.6) is 11.5 Å². The van der Waals surface area contributed by atoms with E-state index in [4.69, 9.17) is 9.47 Å². The van der Waals surface area contributed by atoms with E-state index in [1.165, 1.54) is 11.1 Å². The van der Waals surface area contributed by atoms with Crippen molar-refractivity contribution in [1.82, 2.24) is 10.2 Å². The minimum absolute atomic E-state index is 0.0697. The van der Waals surface area contributed by atoms with Crippen LogP contribution in [0.25, 0.3) is 0 Å². The van der Waals surface area contributed by atoms with Crippen molar-refractivity contribution in [3.63, 3.8) is 0 Å². The number of methoxy groups -OCH3 is 2. The Morgan fingerprint density at radius 2 is 1.73 bits per heavy atom. The Bertz CT molecular complexity index is 989. The van der Waals surface area contributed by atoms with Crippen LogP contribution in [0, 0.1) is 11.8 Å². The summed E-state index contributed by atoms with van der Waals surface area (Å²) in [5.41, 5.74) is 4.80. The summed E-state index contributed by atoms with van der Waals surface area (Å²) in [6.45, 7) is 9.46. The first-order valence-electron chi connectivity index (χ1n) is 12.0. The van der Waals surface area contributed by atoms with E-state index in [1.54, 1.807) is 14.2 Å². The minimum Gasteiger partial charge on any atom is -0.497 e. The molecule has 2 aromatic rings. The molecule has 33 heavy (non-hydrogen) atoms. The molecule has 0 radical (unpaired) electrons. The molecule has 2 aliphatic rings. The minimum atomic E-state index is -0.237. The van der Waals surface area contributed by atoms with E-state index in [9.17, 15) is 4.79 Å². The lowest BCUT2D eigenvalue weighted by atomic mass is 9.85. The summed E-state index contributed by atoms with van der Waals surface area (Å²) in [7, 11) is 3.32. The number of nitrogens with one attached hydrogen (secondary N) is 1. The van der Waals surface area contributed by atoms with Crippen LogP contribution in [-0.4, -0.2) is 37.1 Å². The third-order valence-corrected chi connectivity index (χ3v) is 7.51. The number of ether oxygens (including phenoxy) is 2. The van der Waals surface area contributed by atoms with Crippen molar-refractivity contribution in [2.24, 2.45) is 11.8 Å². The van der Waals surface area contributed by atoms with E-state index < -0.39 is 0 Å². The molecule has 0 aromatic heterocycles. The van der Waals surface area contributed by atoms with E-state index in [-0.39, 0.29) is 23.9 Å². The van der Waals surface area contributed by atoms with E-state index >= 15 is 0 Å². The SMILES string of the molecule is C=C1C(C2Cc3ccccc3C2)NC(=O)C(C(CC)CC)N1Cc1ccc(OC)cc1OC. The van der Waals surface area contributed by atoms with Gasteiger partial charge in [0.15, 0.2) is 0 Å². The molecule has 0 bridgehead atoms. The Kier molecular flexibility index (Phi) is 6.96. The molecule has 4 rings (SSSR count). The number of benzene rings is 2. The predicted molar refractivity (Wildman–Crippen MR) is 131 cm³/mol. The lowest BCUT2D eigenvalue weighted by molar-refractivity contribution is -0.132. The first-order chi connectivity index (χ1) is 16.0. The van der Waals surface area contributed by atoms with Crippen LogP contribution in [-0.2, 0) is 24.2 Å². The molecule has 2 aromatic carbocycles. The predicted octanol–water partition coefficient (Wildman–Crippen LogP) is 4.74. The normalized spacial score (nSPS) is 20.7. The van der Waals surface area contributed by atoms with Crippen molar-refractivity contribution in [2.75, 3.05) is 14.2 Å². The van der Waals surface area contributed by atoms with Crippen molar-refractivity contribution < 1.29 is 14.3 Å². The van der Waals surface area contributed by atoms with Gasteiger partial charge in [0, 0.05) is 23.9 Å². The topological polar surface area (TPSA) is 50.8 Å². The maximum absolute atomic E-state index is 13.5. The lowest BCUT2D eigenvalue weighted by Crippen LogP contribution is -2.62. The second kappa shape index (κ2) is 9.90. The van der Waals surface area contributed by atoms with Crippen molar-refractivity contribution >= 4 is 5.91 Å². The monoisotopic (exact) mass is 448 g/mol. The van der Waals surface area contributed by atoms with Gasteiger partial charge in [-0.25, -0.2) is 0 Å². The van der Waals surface area contributed by atoms with Crippen LogP contribution >= 0.6 is 0 Å². The van der Waals surface area contributed by atoms with Gasteiger partial charge < -0.3 is 19.7 Å². The number of hydrogen-bond donors (Lipinski definition) is 1. The number of piperazine rings is 1. The van der Waals surface area contributed by atoms with Gasteiger partial charge in [-0.05, 0) is 47.9 Å². The van der Waals surface area contributed by atoms with Gasteiger partial charge in [0.25, 0.3) is 0 Å². The summed E-state index contributed by atoms with van der Waals surface area (Å²) in [5, 5.41) is 3.37. The zero-order chi connectivity index (χ0) is 23.5. The van der Waals surface area contributed by atoms with E-state index in [1.807, 2.05) is 18.2 Å². The summed E-state index contributed by atoms with van der Waals surface area (Å²) >= 11 is 0. The molecule has 0 saturated carbocycles. The van der Waals surface area contributed by atoms with Crippen molar-refractivity contribution in [3.8, 4) is 11.5 Å². The molecule has 1 aliphatic heterocycles. The number of amides is 1. The molecular formula is C28H36N2O3. The zero-order valence-electron chi connectivity index (χ0n) is 20.3. The molecule has 2 atom stereocenters. The molecule has 1 N–H and O–H groups in total. The van der Waals surface area contributed by atoms with Crippen LogP contribution in [0.15, 0.2) is 54.7 Å². The Morgan fingerprint density at radius 1 is 1.06 bits per heavy atom. The summed E-state index contributed by atoms with van der Waals surface area (Å²) < 4.78 is 11.0. The van der Waals surface area contributed by atoms with Crippen molar-refractivity contribution in [1.29, 1.82) is 0 Å². The summed E-state index contributed by atoms with van der Waals surface area (Å²) in [4.78, 5) is 15.8. The fourth-order valence-corrected chi connectivity index (χ4v) is 5.61. The zero-order valence-corrected chi connectivity index (χ0v) is 20.3. The van der Waals surface area contributed by atoms with Crippen LogP contribution < -0.4 is 14.8 Å². The highest BCUT2D eigenvalue weighted by molar-refractivity contribution is 5.84. The third kappa shape index (κ3) is 4.46. The van der Waals surface area contributed by atoms with Gasteiger partial charge in [-0.3, -0.25) is 4.79 Å². The number of carbonyl (C=O) groups excluding carboxylic acids is 1. The molecule has 1 aliphatic carbocycles. The second-order valence-electron chi connectivity index (χ2n) is 9.24.